The summed E-state index contributed by atoms with van der Waals surface area (Å²) in [5, 5.41) is 8.94. The first-order chi connectivity index (χ1) is 6.83. The molecule has 72 valence electrons. The summed E-state index contributed by atoms with van der Waals surface area (Å²) in [5.74, 6) is -0.00583. The average molecular weight is 252 g/mol. The lowest BCUT2D eigenvalue weighted by Gasteiger charge is -2.14. The van der Waals surface area contributed by atoms with Gasteiger partial charge in [0.2, 0.25) is 0 Å². The quantitative estimate of drug-likeness (QED) is 0.769. The van der Waals surface area contributed by atoms with Crippen molar-refractivity contribution in [2.45, 2.75) is 12.5 Å². The summed E-state index contributed by atoms with van der Waals surface area (Å²) in [6.07, 6.45) is 0.776. The minimum absolute atomic E-state index is 0.00583. The zero-order valence-electron chi connectivity index (χ0n) is 7.61. The van der Waals surface area contributed by atoms with E-state index >= 15 is 0 Å². The van der Waals surface area contributed by atoms with Crippen molar-refractivity contribution in [1.82, 2.24) is 0 Å². The second-order valence-electron chi connectivity index (χ2n) is 3.34. The number of ether oxygens (including phenoxy) is 1. The van der Waals surface area contributed by atoms with Gasteiger partial charge in [-0.05, 0) is 18.1 Å². The Morgan fingerprint density at radius 1 is 1.43 bits per heavy atom. The van der Waals surface area contributed by atoms with Crippen LogP contribution < -0.4 is 0 Å². The Bertz CT molecular complexity index is 372. The van der Waals surface area contributed by atoms with Gasteiger partial charge in [-0.3, -0.25) is 0 Å². The maximum Gasteiger partial charge on any atom is 0.0994 e. The van der Waals surface area contributed by atoms with Gasteiger partial charge in [0.25, 0.3) is 0 Å². The zero-order chi connectivity index (χ0) is 9.97. The molecule has 1 fully saturated rings. The van der Waals surface area contributed by atoms with Crippen LogP contribution in [0.5, 0.6) is 0 Å². The molecule has 1 aromatic rings. The number of benzene rings is 1. The molecule has 1 aliphatic heterocycles. The van der Waals surface area contributed by atoms with Gasteiger partial charge in [-0.25, -0.2) is 0 Å². The van der Waals surface area contributed by atoms with Gasteiger partial charge >= 0.3 is 0 Å². The number of halogens is 1. The van der Waals surface area contributed by atoms with Crippen LogP contribution in [0.2, 0.25) is 0 Å². The van der Waals surface area contributed by atoms with Crippen LogP contribution in [0.3, 0.4) is 0 Å². The van der Waals surface area contributed by atoms with E-state index in [1.165, 1.54) is 0 Å². The molecule has 1 heterocycles. The van der Waals surface area contributed by atoms with Crippen molar-refractivity contribution in [2.24, 2.45) is 5.92 Å². The van der Waals surface area contributed by atoms with E-state index in [-0.39, 0.29) is 12.0 Å². The third-order valence-electron chi connectivity index (χ3n) is 2.47. The lowest BCUT2D eigenvalue weighted by atomic mass is 9.97. The smallest absolute Gasteiger partial charge is 0.0994 e. The molecule has 0 bridgehead atoms. The number of hydrogen-bond donors (Lipinski definition) is 0. The van der Waals surface area contributed by atoms with Crippen LogP contribution in [0.1, 0.15) is 18.1 Å². The molecule has 0 amide bonds. The normalized spacial score (nSPS) is 26.0. The van der Waals surface area contributed by atoms with Crippen molar-refractivity contribution in [2.75, 3.05) is 6.61 Å². The van der Waals surface area contributed by atoms with E-state index in [2.05, 4.69) is 22.0 Å². The molecule has 1 aliphatic rings. The van der Waals surface area contributed by atoms with Crippen LogP contribution in [0.25, 0.3) is 0 Å². The minimum atomic E-state index is -0.0597. The lowest BCUT2D eigenvalue weighted by molar-refractivity contribution is 0.100. The first kappa shape index (κ1) is 9.70. The molecule has 1 saturated heterocycles. The monoisotopic (exact) mass is 251 g/mol. The fourth-order valence-corrected chi connectivity index (χ4v) is 2.24. The molecular formula is C11H10BrNO. The SMILES string of the molecule is N#CC1CCOC1c1ccccc1Br. The highest BCUT2D eigenvalue weighted by Gasteiger charge is 2.30. The van der Waals surface area contributed by atoms with Crippen molar-refractivity contribution in [3.05, 3.63) is 34.3 Å². The molecule has 1 aromatic carbocycles. The zero-order valence-corrected chi connectivity index (χ0v) is 9.20. The van der Waals surface area contributed by atoms with Crippen LogP contribution in [-0.2, 0) is 4.74 Å². The van der Waals surface area contributed by atoms with Crippen molar-refractivity contribution >= 4 is 15.9 Å². The molecule has 0 spiro atoms. The van der Waals surface area contributed by atoms with E-state index < -0.39 is 0 Å². The maximum absolute atomic E-state index is 8.94. The average Bonchev–Trinajstić information content (AvgIpc) is 2.66. The molecule has 0 saturated carbocycles. The summed E-state index contributed by atoms with van der Waals surface area (Å²) in [6, 6.07) is 10.2. The van der Waals surface area contributed by atoms with Gasteiger partial charge in [-0.15, -0.1) is 0 Å². The Morgan fingerprint density at radius 3 is 2.93 bits per heavy atom. The van der Waals surface area contributed by atoms with Gasteiger partial charge in [0, 0.05) is 11.1 Å². The molecule has 0 aromatic heterocycles. The Hall–Kier alpha value is -0.850. The number of nitrogens with zero attached hydrogens (tertiary/aromatic N) is 1. The molecule has 2 rings (SSSR count). The summed E-state index contributed by atoms with van der Waals surface area (Å²) < 4.78 is 6.59. The third kappa shape index (κ3) is 1.68. The Kier molecular flexibility index (Phi) is 2.85. The highest BCUT2D eigenvalue weighted by Crippen LogP contribution is 2.37. The Labute approximate surface area is 91.6 Å². The predicted octanol–water partition coefficient (Wildman–Crippen LogP) is 3.05. The molecule has 2 atom stereocenters. The lowest BCUT2D eigenvalue weighted by Crippen LogP contribution is -2.05. The van der Waals surface area contributed by atoms with Crippen LogP contribution in [-0.4, -0.2) is 6.61 Å². The van der Waals surface area contributed by atoms with Gasteiger partial charge in [0.1, 0.15) is 0 Å². The Balaban J connectivity index is 2.31. The van der Waals surface area contributed by atoms with Gasteiger partial charge in [0.15, 0.2) is 0 Å². The van der Waals surface area contributed by atoms with Gasteiger partial charge in [0.05, 0.1) is 18.1 Å². The number of hydrogen-bond acceptors (Lipinski definition) is 2. The van der Waals surface area contributed by atoms with Gasteiger partial charge in [-0.2, -0.15) is 5.26 Å². The summed E-state index contributed by atoms with van der Waals surface area (Å²) in [4.78, 5) is 0. The molecule has 0 radical (unpaired) electrons. The fraction of sp³-hybridized carbons (Fsp3) is 0.364. The summed E-state index contributed by atoms with van der Waals surface area (Å²) in [7, 11) is 0. The Morgan fingerprint density at radius 2 is 2.21 bits per heavy atom. The second kappa shape index (κ2) is 4.12. The fourth-order valence-electron chi connectivity index (χ4n) is 1.73. The van der Waals surface area contributed by atoms with Crippen molar-refractivity contribution in [1.29, 1.82) is 5.26 Å². The predicted molar refractivity (Wildman–Crippen MR) is 56.6 cm³/mol. The number of nitriles is 1. The van der Waals surface area contributed by atoms with E-state index in [1.807, 2.05) is 24.3 Å². The molecule has 3 heteroatoms. The van der Waals surface area contributed by atoms with Crippen LogP contribution in [0.15, 0.2) is 28.7 Å². The van der Waals surface area contributed by atoms with E-state index in [9.17, 15) is 0 Å². The first-order valence-corrected chi connectivity index (χ1v) is 5.38. The maximum atomic E-state index is 8.94. The standard InChI is InChI=1S/C11H10BrNO/c12-10-4-2-1-3-9(10)11-8(7-13)5-6-14-11/h1-4,8,11H,5-6H2. The molecule has 2 nitrogen and oxygen atoms in total. The van der Waals surface area contributed by atoms with Crippen molar-refractivity contribution in [3.8, 4) is 6.07 Å². The number of rotatable bonds is 1. The van der Waals surface area contributed by atoms with Crippen LogP contribution in [0, 0.1) is 17.2 Å². The summed E-state index contributed by atoms with van der Waals surface area (Å²) in [6.45, 7) is 0.685. The molecule has 0 aliphatic carbocycles. The van der Waals surface area contributed by atoms with Crippen molar-refractivity contribution in [3.63, 3.8) is 0 Å². The van der Waals surface area contributed by atoms with Gasteiger partial charge < -0.3 is 4.74 Å². The van der Waals surface area contributed by atoms with Crippen LogP contribution >= 0.6 is 15.9 Å². The highest BCUT2D eigenvalue weighted by atomic mass is 79.9. The first-order valence-electron chi connectivity index (χ1n) is 4.58. The minimum Gasteiger partial charge on any atom is -0.372 e. The van der Waals surface area contributed by atoms with Gasteiger partial charge in [-0.1, -0.05) is 34.1 Å². The largest absolute Gasteiger partial charge is 0.372 e. The topological polar surface area (TPSA) is 33.0 Å². The van der Waals surface area contributed by atoms with Crippen LogP contribution in [0.4, 0.5) is 0 Å². The molecule has 0 N–H and O–H groups in total. The molecular weight excluding hydrogens is 242 g/mol. The highest BCUT2D eigenvalue weighted by molar-refractivity contribution is 9.10. The summed E-state index contributed by atoms with van der Waals surface area (Å²) >= 11 is 3.47. The molecule has 2 unspecified atom stereocenters. The second-order valence-corrected chi connectivity index (χ2v) is 4.19. The third-order valence-corrected chi connectivity index (χ3v) is 3.19. The van der Waals surface area contributed by atoms with E-state index in [0.717, 1.165) is 16.5 Å². The van der Waals surface area contributed by atoms with E-state index in [4.69, 9.17) is 10.00 Å². The van der Waals surface area contributed by atoms with Crippen molar-refractivity contribution < 1.29 is 4.74 Å². The summed E-state index contributed by atoms with van der Waals surface area (Å²) in [5.41, 5.74) is 1.08. The van der Waals surface area contributed by atoms with E-state index in [0.29, 0.717) is 6.61 Å². The van der Waals surface area contributed by atoms with E-state index in [1.54, 1.807) is 0 Å². The molecule has 14 heavy (non-hydrogen) atoms.